The fourth-order valence-electron chi connectivity index (χ4n) is 2.49. The van der Waals surface area contributed by atoms with Crippen LogP contribution in [0.2, 0.25) is 0 Å². The molecule has 1 saturated carbocycles. The van der Waals surface area contributed by atoms with E-state index in [0.717, 1.165) is 5.57 Å². The molecule has 1 nitrogen and oxygen atoms in total. The minimum atomic E-state index is 0.290. The Bertz CT molecular complexity index is 299. The van der Waals surface area contributed by atoms with E-state index >= 15 is 0 Å². The first-order valence-corrected chi connectivity index (χ1v) is 5.43. The van der Waals surface area contributed by atoms with Crippen molar-refractivity contribution in [2.75, 3.05) is 0 Å². The maximum absolute atomic E-state index is 10.7. The van der Waals surface area contributed by atoms with Gasteiger partial charge in [0, 0.05) is 5.92 Å². The third-order valence-electron chi connectivity index (χ3n) is 3.25. The normalized spacial score (nSPS) is 27.7. The fraction of sp³-hybridized carbons (Fsp3) is 0.538. The van der Waals surface area contributed by atoms with Gasteiger partial charge in [-0.2, -0.15) is 0 Å². The van der Waals surface area contributed by atoms with Crippen LogP contribution < -0.4 is 0 Å². The van der Waals surface area contributed by atoms with E-state index in [1.807, 2.05) is 12.0 Å². The molecule has 0 spiro atoms. The number of hydrogen-bond donors (Lipinski definition) is 0. The Kier molecular flexibility index (Phi) is 3.00. The van der Waals surface area contributed by atoms with Crippen LogP contribution in [0.25, 0.3) is 0 Å². The van der Waals surface area contributed by atoms with Crippen molar-refractivity contribution in [3.8, 4) is 0 Å². The molecule has 2 aliphatic rings. The monoisotopic (exact) mass is 187 g/mol. The summed E-state index contributed by atoms with van der Waals surface area (Å²) < 4.78 is 0. The molecule has 1 atom stereocenters. The van der Waals surface area contributed by atoms with Crippen molar-refractivity contribution in [3.63, 3.8) is 0 Å². The molecule has 1 radical (unpaired) electrons. The zero-order valence-corrected chi connectivity index (χ0v) is 8.33. The van der Waals surface area contributed by atoms with Crippen LogP contribution in [0.4, 0.5) is 0 Å². The summed E-state index contributed by atoms with van der Waals surface area (Å²) in [6.07, 6.45) is 15.4. The molecule has 2 rings (SSSR count). The van der Waals surface area contributed by atoms with E-state index in [0.29, 0.717) is 5.92 Å². The third-order valence-corrected chi connectivity index (χ3v) is 3.25. The largest absolute Gasteiger partial charge is 0.233 e. The molecule has 2 aliphatic carbocycles. The highest BCUT2D eigenvalue weighted by Crippen LogP contribution is 2.35. The van der Waals surface area contributed by atoms with Gasteiger partial charge in [-0.25, -0.2) is 4.79 Å². The van der Waals surface area contributed by atoms with Crippen molar-refractivity contribution in [3.05, 3.63) is 29.9 Å². The molecule has 0 saturated heterocycles. The van der Waals surface area contributed by atoms with Crippen LogP contribution >= 0.6 is 0 Å². The van der Waals surface area contributed by atoms with Crippen LogP contribution in [0.3, 0.4) is 0 Å². The predicted molar refractivity (Wildman–Crippen MR) is 56.2 cm³/mol. The summed E-state index contributed by atoms with van der Waals surface area (Å²) in [5.74, 6) is 2.96. The van der Waals surface area contributed by atoms with Gasteiger partial charge < -0.3 is 0 Å². The lowest BCUT2D eigenvalue weighted by Gasteiger charge is -2.28. The SMILES string of the molecule is O=C=C1[C]=CC=CC1C1CCCCC1. The molecule has 1 heteroatoms. The molecule has 0 bridgehead atoms. The number of hydrogen-bond acceptors (Lipinski definition) is 1. The molecule has 1 unspecified atom stereocenters. The summed E-state index contributed by atoms with van der Waals surface area (Å²) in [5.41, 5.74) is 0.722. The quantitative estimate of drug-likeness (QED) is 0.577. The van der Waals surface area contributed by atoms with Gasteiger partial charge in [0.1, 0.15) is 5.94 Å². The number of allylic oxidation sites excluding steroid dienone is 5. The lowest BCUT2D eigenvalue weighted by molar-refractivity contribution is 0.311. The average molecular weight is 187 g/mol. The highest BCUT2D eigenvalue weighted by molar-refractivity contribution is 5.58. The molecule has 73 valence electrons. The molecule has 0 aromatic heterocycles. The maximum atomic E-state index is 10.7. The van der Waals surface area contributed by atoms with Crippen LogP contribution in [0, 0.1) is 17.9 Å². The summed E-state index contributed by atoms with van der Waals surface area (Å²) in [6.45, 7) is 0. The maximum Gasteiger partial charge on any atom is 0.129 e. The summed E-state index contributed by atoms with van der Waals surface area (Å²) in [4.78, 5) is 10.7. The van der Waals surface area contributed by atoms with E-state index in [9.17, 15) is 4.79 Å². The lowest BCUT2D eigenvalue weighted by Crippen LogP contribution is -2.19. The second-order valence-electron chi connectivity index (χ2n) is 4.14. The summed E-state index contributed by atoms with van der Waals surface area (Å²) >= 11 is 0. The zero-order chi connectivity index (χ0) is 9.80. The van der Waals surface area contributed by atoms with E-state index in [1.54, 1.807) is 6.08 Å². The highest BCUT2D eigenvalue weighted by atomic mass is 16.1. The predicted octanol–water partition coefficient (Wildman–Crippen LogP) is 2.87. The van der Waals surface area contributed by atoms with Crippen LogP contribution in [0.15, 0.2) is 23.8 Å². The standard InChI is InChI=1S/C13H15O/c14-10-12-8-4-5-9-13(12)11-6-2-1-3-7-11/h4-5,9,11,13H,1-3,6-7H2. The van der Waals surface area contributed by atoms with E-state index in [4.69, 9.17) is 0 Å². The molecule has 0 amide bonds. The Balaban J connectivity index is 2.12. The Morgan fingerprint density at radius 3 is 2.79 bits per heavy atom. The summed E-state index contributed by atoms with van der Waals surface area (Å²) in [7, 11) is 0. The van der Waals surface area contributed by atoms with Gasteiger partial charge in [0.15, 0.2) is 0 Å². The van der Waals surface area contributed by atoms with Crippen LogP contribution in [-0.4, -0.2) is 5.94 Å². The van der Waals surface area contributed by atoms with Crippen molar-refractivity contribution >= 4 is 5.94 Å². The average Bonchev–Trinajstić information content (AvgIpc) is 2.30. The number of carbonyl (C=O) groups excluding carboxylic acids is 1. The Labute approximate surface area is 85.2 Å². The van der Waals surface area contributed by atoms with E-state index in [-0.39, 0.29) is 5.92 Å². The van der Waals surface area contributed by atoms with Gasteiger partial charge in [-0.15, -0.1) is 0 Å². The van der Waals surface area contributed by atoms with Gasteiger partial charge in [-0.3, -0.25) is 0 Å². The van der Waals surface area contributed by atoms with Crippen LogP contribution in [0.1, 0.15) is 32.1 Å². The van der Waals surface area contributed by atoms with Crippen molar-refractivity contribution < 1.29 is 4.79 Å². The Morgan fingerprint density at radius 2 is 2.07 bits per heavy atom. The zero-order valence-electron chi connectivity index (χ0n) is 8.33. The second-order valence-corrected chi connectivity index (χ2v) is 4.14. The molecule has 1 fully saturated rings. The topological polar surface area (TPSA) is 17.1 Å². The molecule has 0 N–H and O–H groups in total. The summed E-state index contributed by atoms with van der Waals surface area (Å²) in [6, 6.07) is 0. The number of rotatable bonds is 1. The van der Waals surface area contributed by atoms with Gasteiger partial charge in [-0.1, -0.05) is 37.5 Å². The van der Waals surface area contributed by atoms with Gasteiger partial charge in [-0.05, 0) is 24.8 Å². The third kappa shape index (κ3) is 1.88. The van der Waals surface area contributed by atoms with Gasteiger partial charge in [0.05, 0.1) is 5.57 Å². The van der Waals surface area contributed by atoms with E-state index in [2.05, 4.69) is 12.2 Å². The van der Waals surface area contributed by atoms with E-state index in [1.165, 1.54) is 32.1 Å². The molecular formula is C13H15O. The van der Waals surface area contributed by atoms with Gasteiger partial charge in [0.2, 0.25) is 0 Å². The molecule has 0 aromatic rings. The van der Waals surface area contributed by atoms with Crippen molar-refractivity contribution in [1.82, 2.24) is 0 Å². The highest BCUT2D eigenvalue weighted by Gasteiger charge is 2.25. The van der Waals surface area contributed by atoms with E-state index < -0.39 is 0 Å². The van der Waals surface area contributed by atoms with Gasteiger partial charge >= 0.3 is 0 Å². The second kappa shape index (κ2) is 4.43. The first kappa shape index (κ1) is 9.48. The first-order chi connectivity index (χ1) is 6.92. The Hall–Kier alpha value is -1.07. The molecule has 0 aromatic carbocycles. The smallest absolute Gasteiger partial charge is 0.129 e. The van der Waals surface area contributed by atoms with Gasteiger partial charge in [0.25, 0.3) is 0 Å². The Morgan fingerprint density at radius 1 is 1.29 bits per heavy atom. The molecular weight excluding hydrogens is 172 g/mol. The minimum absolute atomic E-state index is 0.290. The lowest BCUT2D eigenvalue weighted by atomic mass is 9.75. The fourth-order valence-corrected chi connectivity index (χ4v) is 2.49. The summed E-state index contributed by atoms with van der Waals surface area (Å²) in [5, 5.41) is 0. The van der Waals surface area contributed by atoms with Crippen molar-refractivity contribution in [2.24, 2.45) is 11.8 Å². The molecule has 14 heavy (non-hydrogen) atoms. The van der Waals surface area contributed by atoms with Crippen LogP contribution in [0.5, 0.6) is 0 Å². The van der Waals surface area contributed by atoms with Crippen LogP contribution in [-0.2, 0) is 4.79 Å². The van der Waals surface area contributed by atoms with Crippen molar-refractivity contribution in [2.45, 2.75) is 32.1 Å². The molecule has 0 heterocycles. The van der Waals surface area contributed by atoms with Crippen molar-refractivity contribution in [1.29, 1.82) is 0 Å². The first-order valence-electron chi connectivity index (χ1n) is 5.43. The molecule has 0 aliphatic heterocycles. The minimum Gasteiger partial charge on any atom is -0.233 e.